The lowest BCUT2D eigenvalue weighted by Gasteiger charge is -2.01. The number of halogens is 2. The summed E-state index contributed by atoms with van der Waals surface area (Å²) in [6.45, 7) is -0.769. The molecule has 0 saturated heterocycles. The number of benzene rings is 1. The van der Waals surface area contributed by atoms with Gasteiger partial charge < -0.3 is 10.2 Å². The molecule has 2 N–H and O–H groups in total. The summed E-state index contributed by atoms with van der Waals surface area (Å²) in [7, 11) is 0. The maximum Gasteiger partial charge on any atom is 0.132 e. The van der Waals surface area contributed by atoms with E-state index in [0.29, 0.717) is 0 Å². The number of aliphatic hydroxyl groups excluding tert-OH is 2. The van der Waals surface area contributed by atoms with Crippen LogP contribution in [0.25, 0.3) is 0 Å². The molecule has 4 heteroatoms. The molecular formula is C11H10F2O2. The van der Waals surface area contributed by atoms with Gasteiger partial charge in [0.15, 0.2) is 0 Å². The lowest BCUT2D eigenvalue weighted by Crippen LogP contribution is -1.96. The minimum Gasteiger partial charge on any atom is -0.395 e. The monoisotopic (exact) mass is 212 g/mol. The maximum atomic E-state index is 13.1. The fourth-order valence-electron chi connectivity index (χ4n) is 1.05. The Labute approximate surface area is 86.2 Å². The molecule has 0 aromatic heterocycles. The first-order valence-corrected chi connectivity index (χ1v) is 4.37. The van der Waals surface area contributed by atoms with Crippen molar-refractivity contribution in [2.24, 2.45) is 0 Å². The summed E-state index contributed by atoms with van der Waals surface area (Å²) in [6, 6.07) is 2.11. The Bertz CT molecular complexity index is 382. The van der Waals surface area contributed by atoms with Crippen LogP contribution < -0.4 is 0 Å². The van der Waals surface area contributed by atoms with E-state index in [1.807, 2.05) is 0 Å². The van der Waals surface area contributed by atoms with Gasteiger partial charge in [0, 0.05) is 17.5 Å². The predicted molar refractivity (Wildman–Crippen MR) is 50.9 cm³/mol. The average molecular weight is 212 g/mol. The van der Waals surface area contributed by atoms with Crippen LogP contribution in [0.1, 0.15) is 17.5 Å². The van der Waals surface area contributed by atoms with E-state index in [1.165, 1.54) is 0 Å². The van der Waals surface area contributed by atoms with Crippen LogP contribution in [0.5, 0.6) is 0 Å². The fourth-order valence-corrected chi connectivity index (χ4v) is 1.05. The van der Waals surface area contributed by atoms with Crippen LogP contribution in [0.15, 0.2) is 12.1 Å². The van der Waals surface area contributed by atoms with Crippen molar-refractivity contribution in [3.63, 3.8) is 0 Å². The predicted octanol–water partition coefficient (Wildman–Crippen LogP) is 1.19. The van der Waals surface area contributed by atoms with Gasteiger partial charge in [0.25, 0.3) is 0 Å². The SMILES string of the molecule is OCCC#Cc1cc(F)c(CO)c(F)c1. The number of rotatable bonds is 2. The molecule has 0 fully saturated rings. The minimum absolute atomic E-state index is 0.0906. The number of hydrogen-bond donors (Lipinski definition) is 2. The van der Waals surface area contributed by atoms with Crippen LogP contribution in [0.3, 0.4) is 0 Å². The Morgan fingerprint density at radius 3 is 2.20 bits per heavy atom. The molecule has 0 unspecified atom stereocenters. The van der Waals surface area contributed by atoms with Gasteiger partial charge in [-0.1, -0.05) is 11.8 Å². The molecule has 0 aliphatic rings. The normalized spacial score (nSPS) is 9.60. The quantitative estimate of drug-likeness (QED) is 0.723. The van der Waals surface area contributed by atoms with Crippen molar-refractivity contribution in [1.29, 1.82) is 0 Å². The first kappa shape index (κ1) is 11.6. The summed E-state index contributed by atoms with van der Waals surface area (Å²) in [4.78, 5) is 0. The first-order chi connectivity index (χ1) is 7.19. The molecule has 0 bridgehead atoms. The molecule has 1 rings (SSSR count). The van der Waals surface area contributed by atoms with E-state index in [2.05, 4.69) is 11.8 Å². The molecule has 15 heavy (non-hydrogen) atoms. The largest absolute Gasteiger partial charge is 0.395 e. The molecular weight excluding hydrogens is 202 g/mol. The van der Waals surface area contributed by atoms with Gasteiger partial charge in [-0.15, -0.1) is 0 Å². The van der Waals surface area contributed by atoms with Crippen molar-refractivity contribution in [2.75, 3.05) is 6.61 Å². The minimum atomic E-state index is -0.814. The highest BCUT2D eigenvalue weighted by Crippen LogP contribution is 2.14. The molecule has 0 heterocycles. The molecule has 2 nitrogen and oxygen atoms in total. The van der Waals surface area contributed by atoms with E-state index >= 15 is 0 Å². The third kappa shape index (κ3) is 3.01. The fraction of sp³-hybridized carbons (Fsp3) is 0.273. The van der Waals surface area contributed by atoms with Crippen LogP contribution in [0.2, 0.25) is 0 Å². The highest BCUT2D eigenvalue weighted by Gasteiger charge is 2.08. The van der Waals surface area contributed by atoms with Crippen molar-refractivity contribution < 1.29 is 19.0 Å². The highest BCUT2D eigenvalue weighted by atomic mass is 19.1. The van der Waals surface area contributed by atoms with Crippen LogP contribution in [0.4, 0.5) is 8.78 Å². The third-order valence-corrected chi connectivity index (χ3v) is 1.77. The van der Waals surface area contributed by atoms with Crippen molar-refractivity contribution in [1.82, 2.24) is 0 Å². The zero-order chi connectivity index (χ0) is 11.3. The third-order valence-electron chi connectivity index (χ3n) is 1.77. The second-order valence-corrected chi connectivity index (χ2v) is 2.85. The summed E-state index contributed by atoms with van der Waals surface area (Å²) >= 11 is 0. The van der Waals surface area contributed by atoms with Crippen LogP contribution in [-0.4, -0.2) is 16.8 Å². The molecule has 0 radical (unpaired) electrons. The van der Waals surface area contributed by atoms with Crippen LogP contribution in [0, 0.1) is 23.5 Å². The van der Waals surface area contributed by atoms with E-state index in [9.17, 15) is 8.78 Å². The van der Waals surface area contributed by atoms with Gasteiger partial charge in [-0.05, 0) is 12.1 Å². The van der Waals surface area contributed by atoms with Gasteiger partial charge in [0.05, 0.1) is 13.2 Å². The van der Waals surface area contributed by atoms with Crippen molar-refractivity contribution in [3.05, 3.63) is 34.9 Å². The molecule has 0 amide bonds. The van der Waals surface area contributed by atoms with Crippen molar-refractivity contribution in [2.45, 2.75) is 13.0 Å². The first-order valence-electron chi connectivity index (χ1n) is 4.37. The summed E-state index contributed by atoms with van der Waals surface area (Å²) in [5.74, 6) is 3.43. The molecule has 0 aliphatic heterocycles. The van der Waals surface area contributed by atoms with E-state index in [-0.39, 0.29) is 24.2 Å². The van der Waals surface area contributed by atoms with E-state index in [1.54, 1.807) is 0 Å². The van der Waals surface area contributed by atoms with E-state index < -0.39 is 18.2 Å². The summed E-state index contributed by atoms with van der Waals surface area (Å²) < 4.78 is 26.2. The van der Waals surface area contributed by atoms with Gasteiger partial charge in [-0.2, -0.15) is 0 Å². The molecule has 0 spiro atoms. The Morgan fingerprint density at radius 2 is 1.73 bits per heavy atom. The lowest BCUT2D eigenvalue weighted by molar-refractivity contribution is 0.269. The van der Waals surface area contributed by atoms with Gasteiger partial charge in [0.1, 0.15) is 11.6 Å². The molecule has 0 atom stereocenters. The maximum absolute atomic E-state index is 13.1. The van der Waals surface area contributed by atoms with Crippen LogP contribution >= 0.6 is 0 Å². The van der Waals surface area contributed by atoms with Crippen molar-refractivity contribution in [3.8, 4) is 11.8 Å². The van der Waals surface area contributed by atoms with Gasteiger partial charge in [-0.25, -0.2) is 8.78 Å². The Balaban J connectivity index is 3.00. The Hall–Kier alpha value is -1.44. The van der Waals surface area contributed by atoms with Gasteiger partial charge in [0.2, 0.25) is 0 Å². The molecule has 1 aromatic carbocycles. The standard InChI is InChI=1S/C11H10F2O2/c12-10-5-8(3-1-2-4-14)6-11(13)9(10)7-15/h5-6,14-15H,2,4,7H2. The number of aliphatic hydroxyl groups is 2. The molecule has 0 aliphatic carbocycles. The average Bonchev–Trinajstić information content (AvgIpc) is 2.18. The van der Waals surface area contributed by atoms with Gasteiger partial charge >= 0.3 is 0 Å². The van der Waals surface area contributed by atoms with Gasteiger partial charge in [-0.3, -0.25) is 0 Å². The van der Waals surface area contributed by atoms with Crippen molar-refractivity contribution >= 4 is 0 Å². The number of hydrogen-bond acceptors (Lipinski definition) is 2. The summed E-state index contributed by atoms with van der Waals surface area (Å²) in [5.41, 5.74) is -0.168. The van der Waals surface area contributed by atoms with E-state index in [0.717, 1.165) is 12.1 Å². The topological polar surface area (TPSA) is 40.5 Å². The molecule has 80 valence electrons. The zero-order valence-electron chi connectivity index (χ0n) is 7.93. The molecule has 1 aromatic rings. The lowest BCUT2D eigenvalue weighted by atomic mass is 10.1. The summed E-state index contributed by atoms with van der Waals surface area (Å²) in [6.07, 6.45) is 0.255. The smallest absolute Gasteiger partial charge is 0.132 e. The van der Waals surface area contributed by atoms with E-state index in [4.69, 9.17) is 10.2 Å². The second-order valence-electron chi connectivity index (χ2n) is 2.85. The Kier molecular flexibility index (Phi) is 4.22. The summed E-state index contributed by atoms with van der Waals surface area (Å²) in [5, 5.41) is 17.1. The van der Waals surface area contributed by atoms with Crippen LogP contribution in [-0.2, 0) is 6.61 Å². The molecule has 0 saturated carbocycles. The Morgan fingerprint density at radius 1 is 1.13 bits per heavy atom. The zero-order valence-corrected chi connectivity index (χ0v) is 7.93. The second kappa shape index (κ2) is 5.44. The highest BCUT2D eigenvalue weighted by molar-refractivity contribution is 5.37.